The van der Waals surface area contributed by atoms with Crippen LogP contribution in [0.3, 0.4) is 0 Å². The average molecular weight is 165 g/mol. The Bertz CT molecular complexity index is 320. The first-order valence-electron chi connectivity index (χ1n) is 3.25. The Hall–Kier alpha value is -1.84. The van der Waals surface area contributed by atoms with Crippen LogP contribution in [0.5, 0.6) is 0 Å². The van der Waals surface area contributed by atoms with Crippen LogP contribution in [0.4, 0.5) is 0 Å². The van der Waals surface area contributed by atoms with Gasteiger partial charge in [-0.05, 0) is 17.7 Å². The van der Waals surface area contributed by atoms with Crippen LogP contribution in [0.1, 0.15) is 15.9 Å². The first-order chi connectivity index (χ1) is 5.74. The molecule has 4 heteroatoms. The van der Waals surface area contributed by atoms with Crippen LogP contribution in [0.2, 0.25) is 0 Å². The molecule has 0 aliphatic rings. The van der Waals surface area contributed by atoms with E-state index in [2.05, 4.69) is 5.16 Å². The van der Waals surface area contributed by atoms with Gasteiger partial charge in [-0.2, -0.15) is 0 Å². The number of carboxylic acid groups (broad SMARTS) is 1. The minimum atomic E-state index is -0.997. The number of rotatable bonds is 2. The second-order valence-electron chi connectivity index (χ2n) is 2.18. The van der Waals surface area contributed by atoms with Crippen molar-refractivity contribution in [3.8, 4) is 0 Å². The smallest absolute Gasteiger partial charge is 0.335 e. The van der Waals surface area contributed by atoms with Crippen LogP contribution < -0.4 is 0 Å². The molecule has 0 unspecified atom stereocenters. The highest BCUT2D eigenvalue weighted by atomic mass is 16.4. The number of carbonyl (C=O) groups is 1. The molecule has 0 heterocycles. The maximum Gasteiger partial charge on any atom is 0.335 e. The van der Waals surface area contributed by atoms with Crippen molar-refractivity contribution >= 4 is 12.2 Å². The van der Waals surface area contributed by atoms with Gasteiger partial charge in [0.05, 0.1) is 11.8 Å². The first-order valence-corrected chi connectivity index (χ1v) is 3.25. The minimum Gasteiger partial charge on any atom is -0.478 e. The second kappa shape index (κ2) is 3.52. The van der Waals surface area contributed by atoms with Gasteiger partial charge in [-0.1, -0.05) is 17.3 Å². The van der Waals surface area contributed by atoms with Crippen molar-refractivity contribution in [3.05, 3.63) is 35.4 Å². The molecule has 0 bridgehead atoms. The third-order valence-electron chi connectivity index (χ3n) is 1.34. The highest BCUT2D eigenvalue weighted by Crippen LogP contribution is 2.02. The maximum absolute atomic E-state index is 10.5. The van der Waals surface area contributed by atoms with Crippen molar-refractivity contribution in [2.45, 2.75) is 0 Å². The van der Waals surface area contributed by atoms with Crippen LogP contribution in [0, 0.1) is 0 Å². The highest BCUT2D eigenvalue weighted by molar-refractivity contribution is 5.90. The lowest BCUT2D eigenvalue weighted by Gasteiger charge is -1.94. The Balaban J connectivity index is 3.03. The third kappa shape index (κ3) is 1.82. The van der Waals surface area contributed by atoms with Gasteiger partial charge in [-0.25, -0.2) is 4.79 Å². The Labute approximate surface area is 68.8 Å². The lowest BCUT2D eigenvalue weighted by Crippen LogP contribution is -1.96. The van der Waals surface area contributed by atoms with Crippen molar-refractivity contribution in [2.24, 2.45) is 5.16 Å². The van der Waals surface area contributed by atoms with Crippen molar-refractivity contribution in [1.82, 2.24) is 0 Å². The Morgan fingerprint density at radius 2 is 2.25 bits per heavy atom. The van der Waals surface area contributed by atoms with E-state index in [1.807, 2.05) is 0 Å². The van der Waals surface area contributed by atoms with Crippen molar-refractivity contribution in [1.29, 1.82) is 0 Å². The Morgan fingerprint density at radius 3 is 2.83 bits per heavy atom. The molecule has 4 nitrogen and oxygen atoms in total. The highest BCUT2D eigenvalue weighted by Gasteiger charge is 2.00. The van der Waals surface area contributed by atoms with Crippen molar-refractivity contribution in [3.63, 3.8) is 0 Å². The summed E-state index contributed by atoms with van der Waals surface area (Å²) >= 11 is 0. The summed E-state index contributed by atoms with van der Waals surface area (Å²) in [5.41, 5.74) is 0.727. The predicted octanol–water partition coefficient (Wildman–Crippen LogP) is 1.19. The monoisotopic (exact) mass is 165 g/mol. The molecule has 12 heavy (non-hydrogen) atoms. The molecule has 0 aromatic heterocycles. The molecule has 2 N–H and O–H groups in total. The van der Waals surface area contributed by atoms with E-state index in [1.54, 1.807) is 12.1 Å². The zero-order chi connectivity index (χ0) is 8.97. The summed E-state index contributed by atoms with van der Waals surface area (Å²) in [7, 11) is 0. The summed E-state index contributed by atoms with van der Waals surface area (Å²) in [6.07, 6.45) is 1.17. The van der Waals surface area contributed by atoms with Gasteiger partial charge in [0.2, 0.25) is 0 Å². The summed E-state index contributed by atoms with van der Waals surface area (Å²) in [5, 5.41) is 19.5. The van der Waals surface area contributed by atoms with E-state index in [4.69, 9.17) is 10.3 Å². The molecule has 0 saturated carbocycles. The molecule has 0 aliphatic heterocycles. The van der Waals surface area contributed by atoms with Gasteiger partial charge in [0.1, 0.15) is 0 Å². The number of carboxylic acids is 1. The molecular weight excluding hydrogens is 158 g/mol. The number of hydrogen-bond acceptors (Lipinski definition) is 3. The van der Waals surface area contributed by atoms with Gasteiger partial charge < -0.3 is 10.3 Å². The molecule has 0 radical (unpaired) electrons. The van der Waals surface area contributed by atoms with Gasteiger partial charge in [0, 0.05) is 0 Å². The Kier molecular flexibility index (Phi) is 2.42. The van der Waals surface area contributed by atoms with E-state index in [9.17, 15) is 4.79 Å². The summed E-state index contributed by atoms with van der Waals surface area (Å²) in [6.45, 7) is 0. The number of aromatic carboxylic acids is 1. The Morgan fingerprint density at radius 1 is 1.50 bits per heavy atom. The average Bonchev–Trinajstić information content (AvgIpc) is 2.05. The van der Waals surface area contributed by atoms with Gasteiger partial charge in [-0.15, -0.1) is 0 Å². The van der Waals surface area contributed by atoms with Crippen LogP contribution in [0.15, 0.2) is 29.4 Å². The summed E-state index contributed by atoms with van der Waals surface area (Å²) in [5.74, 6) is -0.997. The second-order valence-corrected chi connectivity index (χ2v) is 2.18. The minimum absolute atomic E-state index is 0.174. The molecule has 0 aliphatic carbocycles. The molecule has 0 spiro atoms. The molecule has 1 aromatic carbocycles. The van der Waals surface area contributed by atoms with Crippen LogP contribution in [-0.4, -0.2) is 22.5 Å². The topological polar surface area (TPSA) is 69.9 Å². The predicted molar refractivity (Wildman–Crippen MR) is 42.8 cm³/mol. The molecule has 0 fully saturated rings. The lowest BCUT2D eigenvalue weighted by atomic mass is 10.1. The van der Waals surface area contributed by atoms with E-state index in [0.717, 1.165) is 0 Å². The van der Waals surface area contributed by atoms with Crippen LogP contribution in [0.25, 0.3) is 0 Å². The summed E-state index contributed by atoms with van der Waals surface area (Å²) in [4.78, 5) is 10.5. The summed E-state index contributed by atoms with van der Waals surface area (Å²) in [6, 6.07) is 6.12. The first kappa shape index (κ1) is 8.26. The van der Waals surface area contributed by atoms with Gasteiger partial charge in [0.15, 0.2) is 0 Å². The lowest BCUT2D eigenvalue weighted by molar-refractivity contribution is 0.0697. The molecule has 1 aromatic rings. The van der Waals surface area contributed by atoms with Crippen molar-refractivity contribution in [2.75, 3.05) is 0 Å². The third-order valence-corrected chi connectivity index (χ3v) is 1.34. The number of hydrogen-bond donors (Lipinski definition) is 2. The van der Waals surface area contributed by atoms with Crippen LogP contribution in [-0.2, 0) is 0 Å². The van der Waals surface area contributed by atoms with Gasteiger partial charge in [-0.3, -0.25) is 0 Å². The van der Waals surface area contributed by atoms with E-state index in [-0.39, 0.29) is 5.56 Å². The summed E-state index contributed by atoms with van der Waals surface area (Å²) < 4.78 is 0. The molecule has 0 saturated heterocycles. The largest absolute Gasteiger partial charge is 0.478 e. The fraction of sp³-hybridized carbons (Fsp3) is 0. The molecule has 62 valence electrons. The molecule has 0 atom stereocenters. The molecule has 1 rings (SSSR count). The maximum atomic E-state index is 10.5. The molecular formula is C8H7NO3. The number of benzene rings is 1. The fourth-order valence-electron chi connectivity index (χ4n) is 0.819. The van der Waals surface area contributed by atoms with Crippen molar-refractivity contribution < 1.29 is 15.1 Å². The van der Waals surface area contributed by atoms with Gasteiger partial charge >= 0.3 is 5.97 Å². The van der Waals surface area contributed by atoms with E-state index >= 15 is 0 Å². The zero-order valence-electron chi connectivity index (χ0n) is 6.14. The van der Waals surface area contributed by atoms with E-state index < -0.39 is 5.97 Å². The van der Waals surface area contributed by atoms with E-state index in [1.165, 1.54) is 18.3 Å². The normalized spacial score (nSPS) is 10.3. The molecule has 0 amide bonds. The van der Waals surface area contributed by atoms with E-state index in [0.29, 0.717) is 5.56 Å². The SMILES string of the molecule is O=C(O)c1cccc(C=NO)c1. The number of nitrogens with zero attached hydrogens (tertiary/aromatic N) is 1. The fourth-order valence-corrected chi connectivity index (χ4v) is 0.819. The zero-order valence-corrected chi connectivity index (χ0v) is 6.14. The number of oxime groups is 1. The standard InChI is InChI=1S/C8H7NO3/c10-8(11)7-3-1-2-6(4-7)5-9-12/h1-5,12H,(H,10,11). The van der Waals surface area contributed by atoms with Gasteiger partial charge in [0.25, 0.3) is 0 Å². The quantitative estimate of drug-likeness (QED) is 0.393. The van der Waals surface area contributed by atoms with Crippen LogP contribution >= 0.6 is 0 Å².